The molecule has 1 aliphatic heterocycles. The van der Waals surface area contributed by atoms with Crippen LogP contribution >= 0.6 is 0 Å². The summed E-state index contributed by atoms with van der Waals surface area (Å²) in [5.74, 6) is 1.68. The van der Waals surface area contributed by atoms with Crippen LogP contribution in [-0.2, 0) is 0 Å². The van der Waals surface area contributed by atoms with Crippen LogP contribution in [0, 0.1) is 6.92 Å². The monoisotopic (exact) mass is 314 g/mol. The summed E-state index contributed by atoms with van der Waals surface area (Å²) in [6.07, 6.45) is 2.96. The Kier molecular flexibility index (Phi) is 3.48. The predicted molar refractivity (Wildman–Crippen MR) is 80.2 cm³/mol. The SMILES string of the molecule is Cc1ccc(OC2CCN(C(=O)c3cc(C4CC4)on3)C2)nn1. The van der Waals surface area contributed by atoms with Crippen molar-refractivity contribution in [1.29, 1.82) is 0 Å². The fraction of sp³-hybridized carbons (Fsp3) is 0.500. The van der Waals surface area contributed by atoms with Crippen LogP contribution in [-0.4, -0.2) is 45.4 Å². The van der Waals surface area contributed by atoms with Crippen molar-refractivity contribution in [2.45, 2.75) is 38.2 Å². The van der Waals surface area contributed by atoms with Gasteiger partial charge in [0.2, 0.25) is 5.88 Å². The molecule has 3 heterocycles. The van der Waals surface area contributed by atoms with E-state index < -0.39 is 0 Å². The molecule has 4 rings (SSSR count). The molecule has 0 spiro atoms. The molecule has 2 aliphatic rings. The lowest BCUT2D eigenvalue weighted by atomic mass is 10.2. The zero-order chi connectivity index (χ0) is 15.8. The number of amides is 1. The van der Waals surface area contributed by atoms with Crippen LogP contribution < -0.4 is 4.74 Å². The van der Waals surface area contributed by atoms with Gasteiger partial charge >= 0.3 is 0 Å². The van der Waals surface area contributed by atoms with Gasteiger partial charge in [-0.1, -0.05) is 5.16 Å². The molecule has 2 aromatic rings. The Morgan fingerprint density at radius 3 is 2.91 bits per heavy atom. The van der Waals surface area contributed by atoms with E-state index in [1.807, 2.05) is 13.0 Å². The van der Waals surface area contributed by atoms with Gasteiger partial charge in [0.05, 0.1) is 12.2 Å². The van der Waals surface area contributed by atoms with Gasteiger partial charge in [-0.15, -0.1) is 5.10 Å². The molecule has 7 heteroatoms. The van der Waals surface area contributed by atoms with E-state index in [0.717, 1.165) is 30.7 Å². The lowest BCUT2D eigenvalue weighted by molar-refractivity contribution is 0.0760. The second-order valence-electron chi connectivity index (χ2n) is 6.18. The highest BCUT2D eigenvalue weighted by Crippen LogP contribution is 2.40. The summed E-state index contributed by atoms with van der Waals surface area (Å²) in [5, 5.41) is 11.9. The van der Waals surface area contributed by atoms with Gasteiger partial charge in [0, 0.05) is 31.0 Å². The Bertz CT molecular complexity index is 708. The number of hydrogen-bond donors (Lipinski definition) is 0. The van der Waals surface area contributed by atoms with Crippen LogP contribution in [0.1, 0.15) is 47.1 Å². The lowest BCUT2D eigenvalue weighted by Gasteiger charge is -2.15. The van der Waals surface area contributed by atoms with Crippen molar-refractivity contribution >= 4 is 5.91 Å². The first kappa shape index (κ1) is 14.2. The highest BCUT2D eigenvalue weighted by molar-refractivity contribution is 5.92. The third kappa shape index (κ3) is 3.04. The van der Waals surface area contributed by atoms with Crippen molar-refractivity contribution in [2.75, 3.05) is 13.1 Å². The molecule has 0 bridgehead atoms. The molecule has 0 aromatic carbocycles. The molecule has 0 radical (unpaired) electrons. The second kappa shape index (κ2) is 5.64. The molecule has 1 saturated carbocycles. The average Bonchev–Trinajstić information content (AvgIpc) is 3.11. The van der Waals surface area contributed by atoms with Gasteiger partial charge in [-0.05, 0) is 25.8 Å². The average molecular weight is 314 g/mol. The van der Waals surface area contributed by atoms with Crippen molar-refractivity contribution in [1.82, 2.24) is 20.3 Å². The van der Waals surface area contributed by atoms with Crippen molar-refractivity contribution in [3.8, 4) is 5.88 Å². The number of rotatable bonds is 4. The first-order valence-corrected chi connectivity index (χ1v) is 7.92. The molecule has 1 aliphatic carbocycles. The number of ether oxygens (including phenoxy) is 1. The first-order valence-electron chi connectivity index (χ1n) is 7.92. The smallest absolute Gasteiger partial charge is 0.276 e. The first-order chi connectivity index (χ1) is 11.2. The third-order valence-electron chi connectivity index (χ3n) is 4.22. The van der Waals surface area contributed by atoms with Crippen molar-refractivity contribution in [3.63, 3.8) is 0 Å². The van der Waals surface area contributed by atoms with Gasteiger partial charge in [0.15, 0.2) is 5.69 Å². The Morgan fingerprint density at radius 2 is 2.17 bits per heavy atom. The fourth-order valence-electron chi connectivity index (χ4n) is 2.74. The maximum Gasteiger partial charge on any atom is 0.276 e. The number of aromatic nitrogens is 3. The number of carbonyl (C=O) groups is 1. The zero-order valence-electron chi connectivity index (χ0n) is 12.9. The summed E-state index contributed by atoms with van der Waals surface area (Å²) in [5.41, 5.74) is 1.24. The van der Waals surface area contributed by atoms with Gasteiger partial charge < -0.3 is 14.2 Å². The minimum absolute atomic E-state index is 0.0641. The van der Waals surface area contributed by atoms with E-state index in [2.05, 4.69) is 15.4 Å². The lowest BCUT2D eigenvalue weighted by Crippen LogP contribution is -2.31. The number of likely N-dealkylation sites (tertiary alicyclic amines) is 1. The largest absolute Gasteiger partial charge is 0.471 e. The zero-order valence-corrected chi connectivity index (χ0v) is 12.9. The summed E-state index contributed by atoms with van der Waals surface area (Å²) in [7, 11) is 0. The van der Waals surface area contributed by atoms with Crippen LogP contribution in [0.2, 0.25) is 0 Å². The molecule has 1 amide bonds. The normalized spacial score (nSPS) is 20.7. The van der Waals surface area contributed by atoms with Crippen LogP contribution in [0.3, 0.4) is 0 Å². The maximum absolute atomic E-state index is 12.5. The Hall–Kier alpha value is -2.44. The van der Waals surface area contributed by atoms with Crippen molar-refractivity contribution in [2.24, 2.45) is 0 Å². The molecular weight excluding hydrogens is 296 g/mol. The molecular formula is C16H18N4O3. The maximum atomic E-state index is 12.5. The molecule has 23 heavy (non-hydrogen) atoms. The summed E-state index contributed by atoms with van der Waals surface area (Å²) in [6, 6.07) is 5.43. The summed E-state index contributed by atoms with van der Waals surface area (Å²) in [6.45, 7) is 3.05. The number of hydrogen-bond acceptors (Lipinski definition) is 6. The molecule has 7 nitrogen and oxygen atoms in total. The molecule has 0 N–H and O–H groups in total. The molecule has 2 fully saturated rings. The summed E-state index contributed by atoms with van der Waals surface area (Å²) in [4.78, 5) is 14.2. The molecule has 1 atom stereocenters. The topological polar surface area (TPSA) is 81.4 Å². The minimum Gasteiger partial charge on any atom is -0.471 e. The van der Waals surface area contributed by atoms with E-state index >= 15 is 0 Å². The van der Waals surface area contributed by atoms with Crippen molar-refractivity contribution in [3.05, 3.63) is 35.3 Å². The quantitative estimate of drug-likeness (QED) is 0.858. The van der Waals surface area contributed by atoms with Gasteiger partial charge in [-0.25, -0.2) is 0 Å². The molecule has 120 valence electrons. The Balaban J connectivity index is 1.37. The Morgan fingerprint density at radius 1 is 1.30 bits per heavy atom. The summed E-state index contributed by atoms with van der Waals surface area (Å²) >= 11 is 0. The van der Waals surface area contributed by atoms with E-state index in [4.69, 9.17) is 9.26 Å². The van der Waals surface area contributed by atoms with Crippen LogP contribution in [0.5, 0.6) is 5.88 Å². The molecule has 1 saturated heterocycles. The predicted octanol–water partition coefficient (Wildman–Crippen LogP) is 1.94. The van der Waals surface area contributed by atoms with E-state index in [-0.39, 0.29) is 12.0 Å². The van der Waals surface area contributed by atoms with Gasteiger partial charge in [-0.3, -0.25) is 4.79 Å². The number of nitrogens with zero attached hydrogens (tertiary/aromatic N) is 4. The summed E-state index contributed by atoms with van der Waals surface area (Å²) < 4.78 is 11.0. The third-order valence-corrected chi connectivity index (χ3v) is 4.22. The highest BCUT2D eigenvalue weighted by Gasteiger charge is 2.32. The van der Waals surface area contributed by atoms with E-state index in [9.17, 15) is 4.79 Å². The van der Waals surface area contributed by atoms with Gasteiger partial charge in [0.25, 0.3) is 5.91 Å². The number of carbonyl (C=O) groups excluding carboxylic acids is 1. The highest BCUT2D eigenvalue weighted by atomic mass is 16.5. The fourth-order valence-corrected chi connectivity index (χ4v) is 2.74. The van der Waals surface area contributed by atoms with Gasteiger partial charge in [0.1, 0.15) is 11.9 Å². The van der Waals surface area contributed by atoms with Crippen LogP contribution in [0.25, 0.3) is 0 Å². The van der Waals surface area contributed by atoms with Gasteiger partial charge in [-0.2, -0.15) is 5.10 Å². The van der Waals surface area contributed by atoms with E-state index in [1.54, 1.807) is 17.0 Å². The van der Waals surface area contributed by atoms with Crippen LogP contribution in [0.15, 0.2) is 22.7 Å². The number of aryl methyl sites for hydroxylation is 1. The van der Waals surface area contributed by atoms with Crippen LogP contribution in [0.4, 0.5) is 0 Å². The van der Waals surface area contributed by atoms with Crippen molar-refractivity contribution < 1.29 is 14.1 Å². The molecule has 2 aromatic heterocycles. The second-order valence-corrected chi connectivity index (χ2v) is 6.18. The molecule has 1 unspecified atom stereocenters. The van der Waals surface area contributed by atoms with E-state index in [1.165, 1.54) is 0 Å². The van der Waals surface area contributed by atoms with E-state index in [0.29, 0.717) is 30.6 Å². The Labute approximate surface area is 133 Å². The minimum atomic E-state index is -0.0956. The standard InChI is InChI=1S/C16H18N4O3/c1-10-2-5-15(18-17-10)22-12-6-7-20(9-12)16(21)13-8-14(23-19-13)11-3-4-11/h2,5,8,11-12H,3-4,6-7,9H2,1H3.